The molecule has 0 saturated heterocycles. The van der Waals surface area contributed by atoms with Crippen LogP contribution in [0.4, 0.5) is 0 Å². The SMILES string of the molecule is Cc1nn(-c2ccccc2)cc1CN1CCc2nc(C3=NCCCC3)ncc2C1. The average Bonchev–Trinajstić information content (AvgIpc) is 3.15. The monoisotopic (exact) mass is 386 g/mol. The number of aliphatic imine (C=N–C) groups is 1. The van der Waals surface area contributed by atoms with E-state index in [2.05, 4.69) is 40.1 Å². The smallest absolute Gasteiger partial charge is 0.173 e. The molecule has 4 heterocycles. The van der Waals surface area contributed by atoms with Gasteiger partial charge in [0.2, 0.25) is 0 Å². The van der Waals surface area contributed by atoms with Gasteiger partial charge in [-0.1, -0.05) is 18.2 Å². The van der Waals surface area contributed by atoms with E-state index in [1.165, 1.54) is 29.7 Å². The second-order valence-electron chi connectivity index (χ2n) is 7.93. The standard InChI is InChI=1S/C23H26N6/c1-17-19(16-29(27-17)20-7-3-2-4-8-20)15-28-12-10-21-18(14-28)13-25-23(26-21)22-9-5-6-11-24-22/h2-4,7-8,13,16H,5-6,9-12,14-15H2,1H3. The first-order chi connectivity index (χ1) is 14.3. The fraction of sp³-hybridized carbons (Fsp3) is 0.391. The maximum absolute atomic E-state index is 4.85. The van der Waals surface area contributed by atoms with Crippen LogP contribution in [0.2, 0.25) is 0 Å². The van der Waals surface area contributed by atoms with Gasteiger partial charge in [-0.25, -0.2) is 14.6 Å². The minimum absolute atomic E-state index is 0.844. The van der Waals surface area contributed by atoms with Gasteiger partial charge in [-0.15, -0.1) is 0 Å². The first-order valence-corrected chi connectivity index (χ1v) is 10.5. The number of para-hydroxylation sites is 1. The molecular weight excluding hydrogens is 360 g/mol. The lowest BCUT2D eigenvalue weighted by molar-refractivity contribution is 0.242. The lowest BCUT2D eigenvalue weighted by atomic mass is 10.0. The van der Waals surface area contributed by atoms with E-state index >= 15 is 0 Å². The molecule has 6 heteroatoms. The molecule has 29 heavy (non-hydrogen) atoms. The summed E-state index contributed by atoms with van der Waals surface area (Å²) in [7, 11) is 0. The summed E-state index contributed by atoms with van der Waals surface area (Å²) in [5, 5.41) is 4.71. The predicted octanol–water partition coefficient (Wildman–Crippen LogP) is 3.50. The Morgan fingerprint density at radius 2 is 1.97 bits per heavy atom. The molecule has 0 radical (unpaired) electrons. The summed E-state index contributed by atoms with van der Waals surface area (Å²) in [6.07, 6.45) is 8.52. The van der Waals surface area contributed by atoms with Gasteiger partial charge in [0.1, 0.15) is 0 Å². The van der Waals surface area contributed by atoms with Crippen LogP contribution in [0.1, 0.15) is 47.6 Å². The molecule has 2 aliphatic rings. The highest BCUT2D eigenvalue weighted by atomic mass is 15.3. The molecule has 6 nitrogen and oxygen atoms in total. The molecule has 2 aromatic heterocycles. The van der Waals surface area contributed by atoms with Crippen molar-refractivity contribution < 1.29 is 0 Å². The van der Waals surface area contributed by atoms with E-state index < -0.39 is 0 Å². The molecule has 1 aromatic carbocycles. The van der Waals surface area contributed by atoms with Crippen molar-refractivity contribution >= 4 is 5.71 Å². The van der Waals surface area contributed by atoms with Crippen LogP contribution in [-0.2, 0) is 19.5 Å². The minimum Gasteiger partial charge on any atom is -0.294 e. The number of nitrogens with zero attached hydrogens (tertiary/aromatic N) is 6. The fourth-order valence-corrected chi connectivity index (χ4v) is 4.13. The van der Waals surface area contributed by atoms with Gasteiger partial charge in [-0.3, -0.25) is 9.89 Å². The van der Waals surface area contributed by atoms with Crippen molar-refractivity contribution in [3.63, 3.8) is 0 Å². The van der Waals surface area contributed by atoms with Crippen LogP contribution in [0.3, 0.4) is 0 Å². The number of rotatable bonds is 4. The van der Waals surface area contributed by atoms with E-state index in [1.54, 1.807) is 0 Å². The van der Waals surface area contributed by atoms with Gasteiger partial charge in [0.05, 0.1) is 22.8 Å². The second-order valence-corrected chi connectivity index (χ2v) is 7.93. The summed E-state index contributed by atoms with van der Waals surface area (Å²) < 4.78 is 1.98. The molecule has 0 saturated carbocycles. The quantitative estimate of drug-likeness (QED) is 0.689. The van der Waals surface area contributed by atoms with Crippen LogP contribution in [0.25, 0.3) is 5.69 Å². The Morgan fingerprint density at radius 1 is 1.07 bits per heavy atom. The third kappa shape index (κ3) is 3.85. The van der Waals surface area contributed by atoms with Gasteiger partial charge in [0.15, 0.2) is 5.82 Å². The highest BCUT2D eigenvalue weighted by Crippen LogP contribution is 2.21. The van der Waals surface area contributed by atoms with Gasteiger partial charge < -0.3 is 0 Å². The number of fused-ring (bicyclic) bond motifs is 1. The third-order valence-corrected chi connectivity index (χ3v) is 5.81. The van der Waals surface area contributed by atoms with Crippen molar-refractivity contribution in [2.75, 3.05) is 13.1 Å². The fourth-order valence-electron chi connectivity index (χ4n) is 4.13. The van der Waals surface area contributed by atoms with Gasteiger partial charge in [0, 0.05) is 56.1 Å². The Kier molecular flexibility index (Phi) is 4.94. The number of aryl methyl sites for hydroxylation is 1. The Bertz CT molecular complexity index is 1040. The first kappa shape index (κ1) is 18.2. The molecule has 0 spiro atoms. The third-order valence-electron chi connectivity index (χ3n) is 5.81. The molecular formula is C23H26N6. The molecule has 0 unspecified atom stereocenters. The summed E-state index contributed by atoms with van der Waals surface area (Å²) >= 11 is 0. The molecule has 0 aliphatic carbocycles. The van der Waals surface area contributed by atoms with Crippen LogP contribution in [0.15, 0.2) is 47.7 Å². The molecule has 5 rings (SSSR count). The van der Waals surface area contributed by atoms with Crippen LogP contribution in [0.5, 0.6) is 0 Å². The lowest BCUT2D eigenvalue weighted by Gasteiger charge is -2.28. The molecule has 0 bridgehead atoms. The second kappa shape index (κ2) is 7.87. The van der Waals surface area contributed by atoms with Crippen molar-refractivity contribution in [1.82, 2.24) is 24.6 Å². The van der Waals surface area contributed by atoms with E-state index in [-0.39, 0.29) is 0 Å². The summed E-state index contributed by atoms with van der Waals surface area (Å²) in [4.78, 5) is 16.6. The molecule has 3 aromatic rings. The Labute approximate surface area is 171 Å². The normalized spacial score (nSPS) is 17.1. The Balaban J connectivity index is 1.30. The number of hydrogen-bond acceptors (Lipinski definition) is 5. The maximum atomic E-state index is 4.85. The van der Waals surface area contributed by atoms with E-state index in [1.807, 2.05) is 29.1 Å². The zero-order valence-electron chi connectivity index (χ0n) is 16.9. The van der Waals surface area contributed by atoms with E-state index in [0.717, 1.165) is 61.9 Å². The van der Waals surface area contributed by atoms with Crippen LogP contribution in [-0.4, -0.2) is 43.4 Å². The van der Waals surface area contributed by atoms with Crippen LogP contribution < -0.4 is 0 Å². The molecule has 0 fully saturated rings. The molecule has 0 atom stereocenters. The highest BCUT2D eigenvalue weighted by molar-refractivity contribution is 5.97. The number of hydrogen-bond donors (Lipinski definition) is 0. The van der Waals surface area contributed by atoms with Gasteiger partial charge >= 0.3 is 0 Å². The molecule has 148 valence electrons. The molecule has 0 N–H and O–H groups in total. The number of aromatic nitrogens is 4. The topological polar surface area (TPSA) is 59.2 Å². The largest absolute Gasteiger partial charge is 0.294 e. The highest BCUT2D eigenvalue weighted by Gasteiger charge is 2.21. The van der Waals surface area contributed by atoms with Crippen molar-refractivity contribution in [3.8, 4) is 5.69 Å². The minimum atomic E-state index is 0.844. The molecule has 0 amide bonds. The summed E-state index contributed by atoms with van der Waals surface area (Å²) in [5.74, 6) is 0.844. The first-order valence-electron chi connectivity index (χ1n) is 10.5. The van der Waals surface area contributed by atoms with E-state index in [9.17, 15) is 0 Å². The Morgan fingerprint density at radius 3 is 2.79 bits per heavy atom. The van der Waals surface area contributed by atoms with Gasteiger partial charge in [-0.05, 0) is 38.3 Å². The maximum Gasteiger partial charge on any atom is 0.173 e. The lowest BCUT2D eigenvalue weighted by Crippen LogP contribution is -2.31. The Hall–Kier alpha value is -2.86. The van der Waals surface area contributed by atoms with E-state index in [0.29, 0.717) is 0 Å². The van der Waals surface area contributed by atoms with Crippen molar-refractivity contribution in [2.45, 2.75) is 45.7 Å². The van der Waals surface area contributed by atoms with Gasteiger partial charge in [0.25, 0.3) is 0 Å². The molecule has 2 aliphatic heterocycles. The summed E-state index contributed by atoms with van der Waals surface area (Å²) in [6.45, 7) is 5.79. The number of benzene rings is 1. The average molecular weight is 387 g/mol. The van der Waals surface area contributed by atoms with Crippen LogP contribution in [0, 0.1) is 6.92 Å². The summed E-state index contributed by atoms with van der Waals surface area (Å²) in [5.41, 5.74) is 6.97. The zero-order chi connectivity index (χ0) is 19.6. The van der Waals surface area contributed by atoms with E-state index in [4.69, 9.17) is 10.1 Å². The van der Waals surface area contributed by atoms with Gasteiger partial charge in [-0.2, -0.15) is 5.10 Å². The van der Waals surface area contributed by atoms with Crippen LogP contribution >= 0.6 is 0 Å². The zero-order valence-corrected chi connectivity index (χ0v) is 16.9. The predicted molar refractivity (Wildman–Crippen MR) is 113 cm³/mol. The van der Waals surface area contributed by atoms with Crippen molar-refractivity contribution in [1.29, 1.82) is 0 Å². The summed E-state index contributed by atoms with van der Waals surface area (Å²) in [6, 6.07) is 10.3. The van der Waals surface area contributed by atoms with Crippen molar-refractivity contribution in [2.24, 2.45) is 4.99 Å². The van der Waals surface area contributed by atoms with Crippen molar-refractivity contribution in [3.05, 3.63) is 71.1 Å².